The highest BCUT2D eigenvalue weighted by atomic mass is 19.1. The van der Waals surface area contributed by atoms with Crippen LogP contribution in [0.15, 0.2) is 103 Å². The topological polar surface area (TPSA) is 66.8 Å². The molecular formula is C34H32FNO4. The smallest absolute Gasteiger partial charge is 0.254 e. The third-order valence-electron chi connectivity index (χ3n) is 7.42. The second kappa shape index (κ2) is 12.7. The van der Waals surface area contributed by atoms with Crippen LogP contribution in [-0.4, -0.2) is 28.2 Å². The highest BCUT2D eigenvalue weighted by molar-refractivity contribution is 5.99. The molecule has 1 N–H and O–H groups in total. The van der Waals surface area contributed by atoms with Gasteiger partial charge in [0.15, 0.2) is 5.78 Å². The van der Waals surface area contributed by atoms with E-state index in [1.165, 1.54) is 12.5 Å². The van der Waals surface area contributed by atoms with E-state index in [-0.39, 0.29) is 24.1 Å². The normalized spacial score (nSPS) is 13.8. The number of halogens is 1. The Morgan fingerprint density at radius 1 is 0.850 bits per heavy atom. The molecule has 0 radical (unpaired) electrons. The highest BCUT2D eigenvalue weighted by Gasteiger charge is 2.25. The number of rotatable bonds is 11. The molecule has 0 spiro atoms. The van der Waals surface area contributed by atoms with E-state index < -0.39 is 6.10 Å². The highest BCUT2D eigenvalue weighted by Crippen LogP contribution is 2.29. The van der Waals surface area contributed by atoms with Crippen LogP contribution in [0, 0.1) is 11.7 Å². The summed E-state index contributed by atoms with van der Waals surface area (Å²) in [6.45, 7) is 1.19. The molecule has 5 nitrogen and oxygen atoms in total. The van der Waals surface area contributed by atoms with Crippen LogP contribution < -0.4 is 4.74 Å². The number of aliphatic hydroxyl groups excluding tert-OH is 1. The van der Waals surface area contributed by atoms with E-state index in [0.717, 1.165) is 18.4 Å². The van der Waals surface area contributed by atoms with Crippen molar-refractivity contribution in [2.45, 2.75) is 38.5 Å². The molecule has 0 aromatic heterocycles. The van der Waals surface area contributed by atoms with Crippen molar-refractivity contribution in [1.29, 1.82) is 0 Å². The van der Waals surface area contributed by atoms with Crippen molar-refractivity contribution in [1.82, 2.24) is 4.90 Å². The molecular weight excluding hydrogens is 505 g/mol. The Labute approximate surface area is 233 Å². The lowest BCUT2D eigenvalue weighted by atomic mass is 9.85. The minimum Gasteiger partial charge on any atom is -0.489 e. The van der Waals surface area contributed by atoms with Gasteiger partial charge >= 0.3 is 0 Å². The molecule has 4 aromatic rings. The van der Waals surface area contributed by atoms with E-state index in [9.17, 15) is 19.1 Å². The second-order valence-electron chi connectivity index (χ2n) is 10.3. The molecule has 40 heavy (non-hydrogen) atoms. The third-order valence-corrected chi connectivity index (χ3v) is 7.42. The van der Waals surface area contributed by atoms with Gasteiger partial charge in [0.2, 0.25) is 0 Å². The third kappa shape index (κ3) is 6.64. The summed E-state index contributed by atoms with van der Waals surface area (Å²) in [5, 5.41) is 10.6. The largest absolute Gasteiger partial charge is 0.489 e. The Morgan fingerprint density at radius 3 is 2.17 bits per heavy atom. The molecule has 204 valence electrons. The number of hydrogen-bond donors (Lipinski definition) is 1. The van der Waals surface area contributed by atoms with Gasteiger partial charge in [0, 0.05) is 29.8 Å². The first-order valence-electron chi connectivity index (χ1n) is 13.6. The quantitative estimate of drug-likeness (QED) is 0.215. The molecule has 1 atom stereocenters. The zero-order valence-corrected chi connectivity index (χ0v) is 22.2. The summed E-state index contributed by atoms with van der Waals surface area (Å²) < 4.78 is 19.6. The Bertz CT molecular complexity index is 1430. The fraction of sp³-hybridized carbons (Fsp3) is 0.235. The number of nitrogens with zero attached hydrogens (tertiary/aromatic N) is 1. The maximum atomic E-state index is 13.9. The van der Waals surface area contributed by atoms with Crippen molar-refractivity contribution in [2.75, 3.05) is 6.54 Å². The number of amides is 1. The fourth-order valence-corrected chi connectivity index (χ4v) is 4.80. The van der Waals surface area contributed by atoms with Crippen LogP contribution in [0.2, 0.25) is 0 Å². The van der Waals surface area contributed by atoms with Gasteiger partial charge in [0.25, 0.3) is 5.91 Å². The van der Waals surface area contributed by atoms with Crippen LogP contribution in [0.5, 0.6) is 5.75 Å². The molecule has 4 aromatic carbocycles. The number of carbonyl (C=O) groups is 2. The molecule has 1 amide bonds. The van der Waals surface area contributed by atoms with Gasteiger partial charge in [-0.3, -0.25) is 9.59 Å². The summed E-state index contributed by atoms with van der Waals surface area (Å²) >= 11 is 0. The molecule has 0 aliphatic heterocycles. The molecule has 1 aliphatic carbocycles. The summed E-state index contributed by atoms with van der Waals surface area (Å²) in [6, 6.07) is 29.4. The van der Waals surface area contributed by atoms with Gasteiger partial charge in [0.1, 0.15) is 24.3 Å². The molecule has 0 bridgehead atoms. The number of aliphatic hydroxyl groups is 1. The van der Waals surface area contributed by atoms with Crippen LogP contribution >= 0.6 is 0 Å². The van der Waals surface area contributed by atoms with Gasteiger partial charge in [-0.1, -0.05) is 79.2 Å². The van der Waals surface area contributed by atoms with E-state index in [2.05, 4.69) is 0 Å². The molecule has 1 aliphatic rings. The predicted molar refractivity (Wildman–Crippen MR) is 151 cm³/mol. The molecule has 5 rings (SSSR count). The maximum absolute atomic E-state index is 13.9. The van der Waals surface area contributed by atoms with Crippen LogP contribution in [0.25, 0.3) is 0 Å². The zero-order valence-electron chi connectivity index (χ0n) is 22.2. The monoisotopic (exact) mass is 537 g/mol. The summed E-state index contributed by atoms with van der Waals surface area (Å²) in [5.74, 6) is 0.306. The second-order valence-corrected chi connectivity index (χ2v) is 10.3. The molecule has 1 unspecified atom stereocenters. The lowest BCUT2D eigenvalue weighted by Gasteiger charge is -2.32. The molecule has 0 saturated heterocycles. The van der Waals surface area contributed by atoms with Crippen molar-refractivity contribution in [3.05, 3.63) is 137 Å². The van der Waals surface area contributed by atoms with Crippen molar-refractivity contribution in [3.63, 3.8) is 0 Å². The minimum absolute atomic E-state index is 0.0732. The van der Waals surface area contributed by atoms with E-state index in [0.29, 0.717) is 47.0 Å². The van der Waals surface area contributed by atoms with Crippen LogP contribution in [0.4, 0.5) is 4.39 Å². The number of ketones is 1. The number of hydrogen-bond acceptors (Lipinski definition) is 4. The molecule has 1 saturated carbocycles. The summed E-state index contributed by atoms with van der Waals surface area (Å²) in [4.78, 5) is 28.0. The molecule has 6 heteroatoms. The zero-order chi connectivity index (χ0) is 27.9. The predicted octanol–water partition coefficient (Wildman–Crippen LogP) is 6.76. The first kappa shape index (κ1) is 27.3. The summed E-state index contributed by atoms with van der Waals surface area (Å²) in [6.07, 6.45) is 2.16. The van der Waals surface area contributed by atoms with Crippen molar-refractivity contribution >= 4 is 11.7 Å². The standard InChI is InChI=1S/C34H32FNO4/c35-31-12-5-4-11-29(31)23-40-30-19-17-28(18-20-30)34(39)36(21-24-7-6-8-24)22-25-13-15-27(16-14-25)33(38)32(37)26-9-2-1-3-10-26/h1-5,9-20,24,33,38H,6-8,21-23H2. The van der Waals surface area contributed by atoms with Crippen molar-refractivity contribution < 1.29 is 23.8 Å². The van der Waals surface area contributed by atoms with Gasteiger partial charge in [-0.25, -0.2) is 4.39 Å². The average molecular weight is 538 g/mol. The van der Waals surface area contributed by atoms with E-state index in [1.54, 1.807) is 78.9 Å². The summed E-state index contributed by atoms with van der Waals surface area (Å²) in [5.41, 5.74) is 2.91. The Kier molecular flexibility index (Phi) is 8.67. The Morgan fingerprint density at radius 2 is 1.52 bits per heavy atom. The lowest BCUT2D eigenvalue weighted by Crippen LogP contribution is -2.37. The minimum atomic E-state index is -1.25. The van der Waals surface area contributed by atoms with Gasteiger partial charge in [-0.15, -0.1) is 0 Å². The number of carbonyl (C=O) groups excluding carboxylic acids is 2. The van der Waals surface area contributed by atoms with Gasteiger partial charge < -0.3 is 14.7 Å². The number of ether oxygens (including phenoxy) is 1. The molecule has 0 heterocycles. The first-order chi connectivity index (χ1) is 19.5. The fourth-order valence-electron chi connectivity index (χ4n) is 4.80. The van der Waals surface area contributed by atoms with E-state index >= 15 is 0 Å². The number of Topliss-reactive ketones (excluding diaryl/α,β-unsaturated/α-hetero) is 1. The van der Waals surface area contributed by atoms with Gasteiger partial charge in [-0.05, 0) is 60.2 Å². The summed E-state index contributed by atoms with van der Waals surface area (Å²) in [7, 11) is 0. The van der Waals surface area contributed by atoms with E-state index in [1.807, 2.05) is 23.1 Å². The van der Waals surface area contributed by atoms with E-state index in [4.69, 9.17) is 4.74 Å². The lowest BCUT2D eigenvalue weighted by molar-refractivity contribution is 0.0679. The van der Waals surface area contributed by atoms with Gasteiger partial charge in [-0.2, -0.15) is 0 Å². The molecule has 1 fully saturated rings. The number of benzene rings is 4. The van der Waals surface area contributed by atoms with Crippen LogP contribution in [0.1, 0.15) is 62.8 Å². The van der Waals surface area contributed by atoms with Crippen LogP contribution in [0.3, 0.4) is 0 Å². The SMILES string of the molecule is O=C(c1ccccc1)C(O)c1ccc(CN(CC2CCC2)C(=O)c2ccc(OCc3ccccc3F)cc2)cc1. The average Bonchev–Trinajstić information content (AvgIpc) is 2.98. The first-order valence-corrected chi connectivity index (χ1v) is 13.6. The maximum Gasteiger partial charge on any atom is 0.254 e. The van der Waals surface area contributed by atoms with Gasteiger partial charge in [0.05, 0.1) is 0 Å². The van der Waals surface area contributed by atoms with Crippen LogP contribution in [-0.2, 0) is 13.2 Å². The Balaban J connectivity index is 1.24. The van der Waals surface area contributed by atoms with Crippen molar-refractivity contribution in [3.8, 4) is 5.75 Å². The van der Waals surface area contributed by atoms with Crippen molar-refractivity contribution in [2.24, 2.45) is 5.92 Å². The Hall–Kier alpha value is -4.29.